The van der Waals surface area contributed by atoms with Gasteiger partial charge in [-0.1, -0.05) is 24.3 Å². The van der Waals surface area contributed by atoms with Crippen LogP contribution < -0.4 is 14.5 Å². The van der Waals surface area contributed by atoms with Gasteiger partial charge in [-0.25, -0.2) is 14.6 Å². The maximum absolute atomic E-state index is 5.56. The van der Waals surface area contributed by atoms with Crippen molar-refractivity contribution in [1.29, 1.82) is 0 Å². The van der Waals surface area contributed by atoms with Crippen molar-refractivity contribution in [3.63, 3.8) is 0 Å². The van der Waals surface area contributed by atoms with E-state index < -0.39 is 0 Å². The predicted molar refractivity (Wildman–Crippen MR) is 137 cm³/mol. The van der Waals surface area contributed by atoms with E-state index in [4.69, 9.17) is 9.84 Å². The molecule has 0 amide bonds. The van der Waals surface area contributed by atoms with Crippen LogP contribution in [0, 0.1) is 0 Å². The SMILES string of the molecule is COc1ccccc1N1CCN(c2ncnc3c2cnn3-c2cccc(-c3ccsc3)c2)CC1. The molecule has 6 rings (SSSR count). The molecule has 170 valence electrons. The number of ether oxygens (including phenoxy) is 1. The number of aromatic nitrogens is 4. The van der Waals surface area contributed by atoms with E-state index >= 15 is 0 Å². The van der Waals surface area contributed by atoms with Crippen LogP contribution in [-0.4, -0.2) is 53.0 Å². The van der Waals surface area contributed by atoms with Gasteiger partial charge in [-0.2, -0.15) is 16.4 Å². The van der Waals surface area contributed by atoms with Crippen molar-refractivity contribution in [2.75, 3.05) is 43.1 Å². The van der Waals surface area contributed by atoms with Crippen molar-refractivity contribution in [2.24, 2.45) is 0 Å². The number of para-hydroxylation sites is 2. The third kappa shape index (κ3) is 3.66. The standard InChI is InChI=1S/C26H24N6OS/c1-33-24-8-3-2-7-23(24)30-10-12-31(13-11-30)25-22-16-29-32(26(22)28-18-27-25)21-6-4-5-19(15-21)20-9-14-34-17-20/h2-9,14-18H,10-13H2,1H3. The molecule has 0 unspecified atom stereocenters. The fourth-order valence-corrected chi connectivity index (χ4v) is 5.23. The Hall–Kier alpha value is -3.91. The Kier molecular flexibility index (Phi) is 5.35. The summed E-state index contributed by atoms with van der Waals surface area (Å²) in [6.45, 7) is 3.51. The molecule has 1 saturated heterocycles. The Morgan fingerprint density at radius 3 is 2.56 bits per heavy atom. The van der Waals surface area contributed by atoms with Crippen LogP contribution in [0.1, 0.15) is 0 Å². The van der Waals surface area contributed by atoms with Crippen LogP contribution >= 0.6 is 11.3 Å². The molecular formula is C26H24N6OS. The molecule has 0 bridgehead atoms. The summed E-state index contributed by atoms with van der Waals surface area (Å²) in [6, 6.07) is 18.7. The van der Waals surface area contributed by atoms with E-state index in [-0.39, 0.29) is 0 Å². The van der Waals surface area contributed by atoms with E-state index in [2.05, 4.69) is 73.0 Å². The third-order valence-corrected chi connectivity index (χ3v) is 6.98. The molecule has 8 heteroatoms. The quantitative estimate of drug-likeness (QED) is 0.366. The van der Waals surface area contributed by atoms with Gasteiger partial charge in [-0.15, -0.1) is 0 Å². The zero-order valence-corrected chi connectivity index (χ0v) is 19.7. The molecule has 1 fully saturated rings. The highest BCUT2D eigenvalue weighted by Gasteiger charge is 2.23. The number of thiophene rings is 1. The van der Waals surface area contributed by atoms with Crippen molar-refractivity contribution in [3.05, 3.63) is 77.9 Å². The molecule has 5 aromatic rings. The summed E-state index contributed by atoms with van der Waals surface area (Å²) in [6.07, 6.45) is 3.53. The second-order valence-electron chi connectivity index (χ2n) is 8.20. The summed E-state index contributed by atoms with van der Waals surface area (Å²) in [5.41, 5.74) is 5.33. The Labute approximate surface area is 201 Å². The van der Waals surface area contributed by atoms with Gasteiger partial charge in [0, 0.05) is 26.2 Å². The minimum Gasteiger partial charge on any atom is -0.495 e. The molecule has 1 aliphatic heterocycles. The third-order valence-electron chi connectivity index (χ3n) is 6.30. The molecule has 0 aliphatic carbocycles. The molecule has 7 nitrogen and oxygen atoms in total. The van der Waals surface area contributed by atoms with Gasteiger partial charge >= 0.3 is 0 Å². The smallest absolute Gasteiger partial charge is 0.168 e. The second-order valence-corrected chi connectivity index (χ2v) is 8.98. The van der Waals surface area contributed by atoms with Crippen molar-refractivity contribution in [2.45, 2.75) is 0 Å². The number of piperazine rings is 1. The summed E-state index contributed by atoms with van der Waals surface area (Å²) in [5, 5.41) is 9.91. The molecule has 0 radical (unpaired) electrons. The van der Waals surface area contributed by atoms with Crippen LogP contribution in [0.25, 0.3) is 27.8 Å². The van der Waals surface area contributed by atoms with Crippen LogP contribution in [0.3, 0.4) is 0 Å². The Bertz CT molecular complexity index is 1420. The van der Waals surface area contributed by atoms with Crippen LogP contribution in [0.4, 0.5) is 11.5 Å². The molecule has 0 spiro atoms. The summed E-state index contributed by atoms with van der Waals surface area (Å²) >= 11 is 1.70. The zero-order valence-electron chi connectivity index (χ0n) is 18.8. The maximum atomic E-state index is 5.56. The van der Waals surface area contributed by atoms with Crippen LogP contribution in [0.15, 0.2) is 77.9 Å². The lowest BCUT2D eigenvalue weighted by Gasteiger charge is -2.37. The summed E-state index contributed by atoms with van der Waals surface area (Å²) in [7, 11) is 1.72. The van der Waals surface area contributed by atoms with Gasteiger partial charge in [0.25, 0.3) is 0 Å². The average molecular weight is 469 g/mol. The number of nitrogens with zero attached hydrogens (tertiary/aromatic N) is 6. The van der Waals surface area contributed by atoms with Crippen LogP contribution in [0.2, 0.25) is 0 Å². The molecule has 0 saturated carbocycles. The molecular weight excluding hydrogens is 444 g/mol. The first-order valence-corrected chi connectivity index (χ1v) is 12.2. The van der Waals surface area contributed by atoms with Gasteiger partial charge in [0.05, 0.1) is 30.1 Å². The van der Waals surface area contributed by atoms with Gasteiger partial charge in [0.1, 0.15) is 17.9 Å². The van der Waals surface area contributed by atoms with Gasteiger partial charge in [-0.05, 0) is 52.2 Å². The van der Waals surface area contributed by atoms with Crippen molar-refractivity contribution >= 4 is 33.9 Å². The lowest BCUT2D eigenvalue weighted by atomic mass is 10.1. The summed E-state index contributed by atoms with van der Waals surface area (Å²) in [5.74, 6) is 1.84. The van der Waals surface area contributed by atoms with Crippen molar-refractivity contribution in [1.82, 2.24) is 19.7 Å². The van der Waals surface area contributed by atoms with Crippen molar-refractivity contribution in [3.8, 4) is 22.6 Å². The fourth-order valence-electron chi connectivity index (χ4n) is 4.57. The highest BCUT2D eigenvalue weighted by atomic mass is 32.1. The lowest BCUT2D eigenvalue weighted by molar-refractivity contribution is 0.413. The first kappa shape index (κ1) is 20.7. The normalized spacial score (nSPS) is 14.0. The van der Waals surface area contributed by atoms with Gasteiger partial charge in [0.2, 0.25) is 0 Å². The Balaban J connectivity index is 1.28. The van der Waals surface area contributed by atoms with E-state index in [0.717, 1.165) is 60.2 Å². The number of anilines is 2. The number of hydrogen-bond donors (Lipinski definition) is 0. The fraction of sp³-hybridized carbons (Fsp3) is 0.192. The van der Waals surface area contributed by atoms with Gasteiger partial charge in [0.15, 0.2) is 5.65 Å². The van der Waals surface area contributed by atoms with Crippen molar-refractivity contribution < 1.29 is 4.74 Å². The number of methoxy groups -OCH3 is 1. The Morgan fingerprint density at radius 2 is 1.74 bits per heavy atom. The number of fused-ring (bicyclic) bond motifs is 1. The molecule has 3 aromatic heterocycles. The lowest BCUT2D eigenvalue weighted by Crippen LogP contribution is -2.47. The second kappa shape index (κ2) is 8.79. The molecule has 0 atom stereocenters. The molecule has 34 heavy (non-hydrogen) atoms. The van der Waals surface area contributed by atoms with Crippen LogP contribution in [-0.2, 0) is 0 Å². The minimum atomic E-state index is 0.819. The van der Waals surface area contributed by atoms with E-state index in [1.54, 1.807) is 24.8 Å². The first-order valence-electron chi connectivity index (χ1n) is 11.3. The molecule has 0 N–H and O–H groups in total. The van der Waals surface area contributed by atoms with E-state index in [0.29, 0.717) is 0 Å². The minimum absolute atomic E-state index is 0.819. The van der Waals surface area contributed by atoms with E-state index in [1.807, 2.05) is 23.0 Å². The van der Waals surface area contributed by atoms with Crippen LogP contribution in [0.5, 0.6) is 5.75 Å². The largest absolute Gasteiger partial charge is 0.495 e. The zero-order chi connectivity index (χ0) is 22.9. The number of hydrogen-bond acceptors (Lipinski definition) is 7. The topological polar surface area (TPSA) is 59.3 Å². The van der Waals surface area contributed by atoms with Gasteiger partial charge in [-0.3, -0.25) is 0 Å². The van der Waals surface area contributed by atoms with E-state index in [1.165, 1.54) is 11.1 Å². The van der Waals surface area contributed by atoms with Gasteiger partial charge < -0.3 is 14.5 Å². The highest BCUT2D eigenvalue weighted by Crippen LogP contribution is 2.31. The maximum Gasteiger partial charge on any atom is 0.168 e. The monoisotopic (exact) mass is 468 g/mol. The number of benzene rings is 2. The van der Waals surface area contributed by atoms with E-state index in [9.17, 15) is 0 Å². The molecule has 1 aliphatic rings. The molecule has 4 heterocycles. The summed E-state index contributed by atoms with van der Waals surface area (Å²) < 4.78 is 7.46. The summed E-state index contributed by atoms with van der Waals surface area (Å²) in [4.78, 5) is 13.9. The first-order chi connectivity index (χ1) is 16.8. The Morgan fingerprint density at radius 1 is 0.882 bits per heavy atom. The number of rotatable bonds is 5. The predicted octanol–water partition coefficient (Wildman–Crippen LogP) is 4.88. The molecule has 2 aromatic carbocycles. The highest BCUT2D eigenvalue weighted by molar-refractivity contribution is 7.08. The average Bonchev–Trinajstić information content (AvgIpc) is 3.59.